The summed E-state index contributed by atoms with van der Waals surface area (Å²) in [4.78, 5) is 0. The summed E-state index contributed by atoms with van der Waals surface area (Å²) in [7, 11) is -0.814. The third-order valence-corrected chi connectivity index (χ3v) is 3.98. The SMILES string of the molecule is CCC(C)(C)C[PH](C)(C)C. The van der Waals surface area contributed by atoms with Gasteiger partial charge in [0.2, 0.25) is 0 Å². The first-order chi connectivity index (χ1) is 4.27. The van der Waals surface area contributed by atoms with Gasteiger partial charge in [0.15, 0.2) is 0 Å². The second-order valence-electron chi connectivity index (χ2n) is 5.26. The van der Waals surface area contributed by atoms with Crippen LogP contribution in [-0.2, 0) is 0 Å². The van der Waals surface area contributed by atoms with Crippen molar-refractivity contribution in [2.45, 2.75) is 27.2 Å². The third kappa shape index (κ3) is 5.23. The van der Waals surface area contributed by atoms with E-state index >= 15 is 0 Å². The average Bonchev–Trinajstić information content (AvgIpc) is 1.60. The van der Waals surface area contributed by atoms with Gasteiger partial charge in [-0.1, -0.05) is 0 Å². The molecule has 0 saturated heterocycles. The molecular formula is C9H23P. The summed E-state index contributed by atoms with van der Waals surface area (Å²) < 4.78 is 0. The Balaban J connectivity index is 3.89. The first-order valence-corrected chi connectivity index (χ1v) is 7.97. The van der Waals surface area contributed by atoms with Crippen molar-refractivity contribution in [3.63, 3.8) is 0 Å². The van der Waals surface area contributed by atoms with Gasteiger partial charge in [-0.15, -0.1) is 0 Å². The van der Waals surface area contributed by atoms with Gasteiger partial charge in [-0.05, 0) is 0 Å². The minimum atomic E-state index is -0.814. The molecule has 0 unspecified atom stereocenters. The Morgan fingerprint density at radius 2 is 1.50 bits per heavy atom. The van der Waals surface area contributed by atoms with Crippen LogP contribution < -0.4 is 0 Å². The van der Waals surface area contributed by atoms with Crippen molar-refractivity contribution in [3.05, 3.63) is 0 Å². The van der Waals surface area contributed by atoms with Gasteiger partial charge in [0.25, 0.3) is 0 Å². The van der Waals surface area contributed by atoms with E-state index in [2.05, 4.69) is 40.8 Å². The fraction of sp³-hybridized carbons (Fsp3) is 1.00. The Kier molecular flexibility index (Phi) is 3.36. The fourth-order valence-corrected chi connectivity index (χ4v) is 4.68. The van der Waals surface area contributed by atoms with Crippen LogP contribution in [0.1, 0.15) is 27.2 Å². The monoisotopic (exact) mass is 162 g/mol. The quantitative estimate of drug-likeness (QED) is 0.559. The normalized spacial score (nSPS) is 15.4. The van der Waals surface area contributed by atoms with Crippen molar-refractivity contribution in [2.24, 2.45) is 5.41 Å². The predicted molar refractivity (Wildman–Crippen MR) is 55.0 cm³/mol. The molecule has 0 bridgehead atoms. The van der Waals surface area contributed by atoms with Gasteiger partial charge in [-0.25, -0.2) is 0 Å². The molecule has 0 spiro atoms. The van der Waals surface area contributed by atoms with E-state index in [0.29, 0.717) is 5.41 Å². The van der Waals surface area contributed by atoms with Crippen LogP contribution in [0.25, 0.3) is 0 Å². The van der Waals surface area contributed by atoms with Crippen molar-refractivity contribution in [1.82, 2.24) is 0 Å². The number of hydrogen-bond acceptors (Lipinski definition) is 0. The Bertz CT molecular complexity index is 97.8. The Labute approximate surface area is 66.7 Å². The van der Waals surface area contributed by atoms with Gasteiger partial charge in [-0.2, -0.15) is 0 Å². The van der Waals surface area contributed by atoms with Gasteiger partial charge < -0.3 is 0 Å². The van der Waals surface area contributed by atoms with Crippen LogP contribution in [0.4, 0.5) is 0 Å². The fourth-order valence-electron chi connectivity index (χ4n) is 1.56. The van der Waals surface area contributed by atoms with Crippen LogP contribution >= 0.6 is 7.26 Å². The van der Waals surface area contributed by atoms with E-state index in [-0.39, 0.29) is 0 Å². The molecule has 0 aromatic rings. The summed E-state index contributed by atoms with van der Waals surface area (Å²) in [6.07, 6.45) is 2.77. The molecule has 0 aliphatic carbocycles. The number of hydrogen-bond donors (Lipinski definition) is 0. The molecule has 0 radical (unpaired) electrons. The molecule has 0 aromatic heterocycles. The third-order valence-electron chi connectivity index (χ3n) is 1.97. The predicted octanol–water partition coefficient (Wildman–Crippen LogP) is 3.06. The molecule has 0 atom stereocenters. The standard InChI is InChI=1S/C9H23P/c1-7-9(2,3)8-10(4,5)6/h10H,7-8H2,1-6H3. The minimum absolute atomic E-state index is 0.588. The van der Waals surface area contributed by atoms with Crippen LogP contribution in [0.15, 0.2) is 0 Å². The van der Waals surface area contributed by atoms with Crippen molar-refractivity contribution in [2.75, 3.05) is 26.2 Å². The molecule has 0 heterocycles. The van der Waals surface area contributed by atoms with Crippen LogP contribution in [0.3, 0.4) is 0 Å². The van der Waals surface area contributed by atoms with Crippen molar-refractivity contribution in [3.8, 4) is 0 Å². The molecule has 0 saturated carbocycles. The molecule has 1 heteroatoms. The van der Waals surface area contributed by atoms with E-state index in [1.165, 1.54) is 12.6 Å². The molecule has 0 aliphatic rings. The summed E-state index contributed by atoms with van der Waals surface area (Å²) in [5, 5.41) is 0. The van der Waals surface area contributed by atoms with Gasteiger partial charge in [0, 0.05) is 0 Å². The van der Waals surface area contributed by atoms with Gasteiger partial charge >= 0.3 is 66.0 Å². The van der Waals surface area contributed by atoms with E-state index in [4.69, 9.17) is 0 Å². The topological polar surface area (TPSA) is 0 Å². The maximum absolute atomic E-state index is 2.45. The molecule has 0 amide bonds. The van der Waals surface area contributed by atoms with Gasteiger partial charge in [0.05, 0.1) is 0 Å². The molecule has 0 nitrogen and oxygen atoms in total. The average molecular weight is 162 g/mol. The van der Waals surface area contributed by atoms with Crippen LogP contribution in [-0.4, -0.2) is 26.2 Å². The summed E-state index contributed by atoms with van der Waals surface area (Å²) in [5.41, 5.74) is 0.588. The Morgan fingerprint density at radius 3 is 1.60 bits per heavy atom. The molecular weight excluding hydrogens is 139 g/mol. The van der Waals surface area contributed by atoms with E-state index < -0.39 is 7.26 Å². The van der Waals surface area contributed by atoms with E-state index in [1.807, 2.05) is 0 Å². The van der Waals surface area contributed by atoms with E-state index in [0.717, 1.165) is 0 Å². The van der Waals surface area contributed by atoms with Gasteiger partial charge in [-0.3, -0.25) is 0 Å². The molecule has 10 heavy (non-hydrogen) atoms. The summed E-state index contributed by atoms with van der Waals surface area (Å²) in [6, 6.07) is 0. The molecule has 0 fully saturated rings. The van der Waals surface area contributed by atoms with Crippen LogP contribution in [0, 0.1) is 5.41 Å². The maximum atomic E-state index is 2.45. The van der Waals surface area contributed by atoms with Crippen molar-refractivity contribution >= 4 is 7.26 Å². The molecule has 0 rings (SSSR count). The second kappa shape index (κ2) is 3.22. The van der Waals surface area contributed by atoms with E-state index in [1.54, 1.807) is 0 Å². The van der Waals surface area contributed by atoms with Gasteiger partial charge in [0.1, 0.15) is 0 Å². The molecule has 64 valence electrons. The number of rotatable bonds is 3. The van der Waals surface area contributed by atoms with Crippen LogP contribution in [0.5, 0.6) is 0 Å². The van der Waals surface area contributed by atoms with Crippen molar-refractivity contribution in [1.29, 1.82) is 0 Å². The second-order valence-corrected chi connectivity index (χ2v) is 10.7. The van der Waals surface area contributed by atoms with E-state index in [9.17, 15) is 0 Å². The molecule has 0 aliphatic heterocycles. The van der Waals surface area contributed by atoms with Crippen molar-refractivity contribution < 1.29 is 0 Å². The summed E-state index contributed by atoms with van der Waals surface area (Å²) >= 11 is 0. The Morgan fingerprint density at radius 1 is 1.10 bits per heavy atom. The zero-order valence-electron chi connectivity index (χ0n) is 8.41. The summed E-state index contributed by atoms with van der Waals surface area (Å²) in [6.45, 7) is 14.4. The molecule has 0 N–H and O–H groups in total. The summed E-state index contributed by atoms with van der Waals surface area (Å²) in [5.74, 6) is 0. The zero-order valence-corrected chi connectivity index (χ0v) is 9.41. The zero-order chi connectivity index (χ0) is 8.41. The first-order valence-electron chi connectivity index (χ1n) is 4.27. The molecule has 0 aromatic carbocycles. The Hall–Kier alpha value is 0.430. The first kappa shape index (κ1) is 10.4. The van der Waals surface area contributed by atoms with Crippen LogP contribution in [0.2, 0.25) is 0 Å².